The van der Waals surface area contributed by atoms with E-state index in [4.69, 9.17) is 9.68 Å². The highest BCUT2D eigenvalue weighted by atomic mass is 32.1. The zero-order valence-corrected chi connectivity index (χ0v) is 12.8. The number of aromatic nitrogens is 1. The van der Waals surface area contributed by atoms with Gasteiger partial charge >= 0.3 is 0 Å². The number of hydrogen-bond acceptors (Lipinski definition) is 5. The monoisotopic (exact) mass is 325 g/mol. The average molecular weight is 325 g/mol. The first-order valence-electron chi connectivity index (χ1n) is 6.86. The van der Waals surface area contributed by atoms with Crippen molar-refractivity contribution in [3.8, 4) is 6.07 Å². The molecule has 0 aliphatic heterocycles. The highest BCUT2D eigenvalue weighted by Crippen LogP contribution is 2.20. The second kappa shape index (κ2) is 6.90. The first kappa shape index (κ1) is 15.0. The molecule has 0 amide bonds. The van der Waals surface area contributed by atoms with Gasteiger partial charge in [-0.25, -0.2) is 4.39 Å². The third-order valence-electron chi connectivity index (χ3n) is 3.08. The molecule has 0 spiro atoms. The second-order valence-corrected chi connectivity index (χ2v) is 5.61. The molecule has 0 aliphatic rings. The Labute approximate surface area is 136 Å². The van der Waals surface area contributed by atoms with Crippen molar-refractivity contribution < 1.29 is 8.81 Å². The molecule has 2 aromatic heterocycles. The van der Waals surface area contributed by atoms with Gasteiger partial charge in [-0.3, -0.25) is 0 Å². The molecule has 0 saturated carbocycles. The summed E-state index contributed by atoms with van der Waals surface area (Å²) in [5.41, 5.74) is 0.635. The molecule has 0 aliphatic carbocycles. The molecule has 23 heavy (non-hydrogen) atoms. The standard InChI is InChI=1S/C17H12FN3OS/c18-14-6-2-1-4-12(14)11-20-17-15(10-19)21-16(22-17)8-7-13-5-3-9-23-13/h1-9,20H,11H2/b8-7+. The number of oxazole rings is 1. The van der Waals surface area contributed by atoms with E-state index < -0.39 is 0 Å². The molecule has 3 aromatic rings. The molecule has 4 nitrogen and oxygen atoms in total. The average Bonchev–Trinajstić information content (AvgIpc) is 3.21. The Bertz CT molecular complexity index is 862. The lowest BCUT2D eigenvalue weighted by Crippen LogP contribution is -2.01. The fraction of sp³-hybridized carbons (Fsp3) is 0.0588. The Balaban J connectivity index is 1.75. The van der Waals surface area contributed by atoms with E-state index in [1.165, 1.54) is 6.07 Å². The van der Waals surface area contributed by atoms with Crippen molar-refractivity contribution in [2.45, 2.75) is 6.54 Å². The topological polar surface area (TPSA) is 61.9 Å². The van der Waals surface area contributed by atoms with Gasteiger partial charge in [-0.05, 0) is 23.6 Å². The van der Waals surface area contributed by atoms with Crippen molar-refractivity contribution in [2.24, 2.45) is 0 Å². The fourth-order valence-electron chi connectivity index (χ4n) is 1.96. The smallest absolute Gasteiger partial charge is 0.232 e. The van der Waals surface area contributed by atoms with E-state index in [2.05, 4.69) is 10.3 Å². The number of nitriles is 1. The van der Waals surface area contributed by atoms with E-state index in [0.29, 0.717) is 11.5 Å². The molecule has 0 fully saturated rings. The van der Waals surface area contributed by atoms with Crippen LogP contribution < -0.4 is 5.32 Å². The van der Waals surface area contributed by atoms with Crippen LogP contribution in [0.3, 0.4) is 0 Å². The van der Waals surface area contributed by atoms with Crippen LogP contribution in [0, 0.1) is 17.1 Å². The van der Waals surface area contributed by atoms with Crippen LogP contribution in [0.4, 0.5) is 10.3 Å². The highest BCUT2D eigenvalue weighted by molar-refractivity contribution is 7.10. The molecule has 0 saturated heterocycles. The molecule has 1 N–H and O–H groups in total. The Hall–Kier alpha value is -2.91. The molecular formula is C17H12FN3OS. The quantitative estimate of drug-likeness (QED) is 0.748. The number of benzene rings is 1. The van der Waals surface area contributed by atoms with Gasteiger partial charge < -0.3 is 9.73 Å². The van der Waals surface area contributed by atoms with Crippen LogP contribution in [0.25, 0.3) is 12.2 Å². The summed E-state index contributed by atoms with van der Waals surface area (Å²) in [5, 5.41) is 14.0. The maximum absolute atomic E-state index is 13.6. The zero-order chi connectivity index (χ0) is 16.1. The van der Waals surface area contributed by atoms with Crippen LogP contribution in [-0.4, -0.2) is 4.98 Å². The SMILES string of the molecule is N#Cc1nc(/C=C/c2cccs2)oc1NCc1ccccc1F. The summed E-state index contributed by atoms with van der Waals surface area (Å²) < 4.78 is 19.1. The maximum atomic E-state index is 13.6. The van der Waals surface area contributed by atoms with Gasteiger partial charge in [0.05, 0.1) is 0 Å². The van der Waals surface area contributed by atoms with Gasteiger partial charge in [0.25, 0.3) is 0 Å². The Kier molecular flexibility index (Phi) is 4.50. The number of nitrogens with zero attached hydrogens (tertiary/aromatic N) is 2. The van der Waals surface area contributed by atoms with Gasteiger partial charge in [-0.2, -0.15) is 10.2 Å². The van der Waals surface area contributed by atoms with E-state index in [-0.39, 0.29) is 23.9 Å². The van der Waals surface area contributed by atoms with Crippen LogP contribution in [-0.2, 0) is 6.54 Å². The van der Waals surface area contributed by atoms with Crippen molar-refractivity contribution in [3.63, 3.8) is 0 Å². The summed E-state index contributed by atoms with van der Waals surface area (Å²) in [7, 11) is 0. The summed E-state index contributed by atoms with van der Waals surface area (Å²) in [6.45, 7) is 0.213. The number of thiophene rings is 1. The first-order chi connectivity index (χ1) is 11.3. The molecule has 0 unspecified atom stereocenters. The van der Waals surface area contributed by atoms with Gasteiger partial charge in [0, 0.05) is 23.1 Å². The maximum Gasteiger partial charge on any atom is 0.232 e. The Morgan fingerprint density at radius 3 is 2.87 bits per heavy atom. The lowest BCUT2D eigenvalue weighted by Gasteiger charge is -2.03. The van der Waals surface area contributed by atoms with Crippen molar-refractivity contribution in [3.05, 3.63) is 69.6 Å². The minimum absolute atomic E-state index is 0.146. The summed E-state index contributed by atoms with van der Waals surface area (Å²) >= 11 is 1.59. The molecule has 2 heterocycles. The fourth-order valence-corrected chi connectivity index (χ4v) is 2.58. The number of nitrogens with one attached hydrogen (secondary N) is 1. The van der Waals surface area contributed by atoms with E-state index in [0.717, 1.165) is 4.88 Å². The van der Waals surface area contributed by atoms with Crippen LogP contribution in [0.2, 0.25) is 0 Å². The van der Waals surface area contributed by atoms with Crippen molar-refractivity contribution in [1.82, 2.24) is 4.98 Å². The minimum atomic E-state index is -0.309. The number of halogens is 1. The number of rotatable bonds is 5. The van der Waals surface area contributed by atoms with Gasteiger partial charge in [0.2, 0.25) is 17.5 Å². The van der Waals surface area contributed by atoms with Gasteiger partial charge in [-0.15, -0.1) is 11.3 Å². The van der Waals surface area contributed by atoms with E-state index in [1.54, 1.807) is 35.6 Å². The van der Waals surface area contributed by atoms with Crippen molar-refractivity contribution >= 4 is 29.4 Å². The van der Waals surface area contributed by atoms with Crippen LogP contribution in [0.15, 0.2) is 46.2 Å². The lowest BCUT2D eigenvalue weighted by atomic mass is 10.2. The number of hydrogen-bond donors (Lipinski definition) is 1. The minimum Gasteiger partial charge on any atom is -0.420 e. The van der Waals surface area contributed by atoms with Gasteiger partial charge in [-0.1, -0.05) is 24.3 Å². The molecular weight excluding hydrogens is 313 g/mol. The van der Waals surface area contributed by atoms with E-state index in [9.17, 15) is 4.39 Å². The highest BCUT2D eigenvalue weighted by Gasteiger charge is 2.12. The largest absolute Gasteiger partial charge is 0.420 e. The summed E-state index contributed by atoms with van der Waals surface area (Å²) in [4.78, 5) is 5.15. The van der Waals surface area contributed by atoms with Crippen molar-refractivity contribution in [2.75, 3.05) is 5.32 Å². The third-order valence-corrected chi connectivity index (χ3v) is 3.92. The second-order valence-electron chi connectivity index (χ2n) is 4.64. The van der Waals surface area contributed by atoms with E-state index >= 15 is 0 Å². The summed E-state index contributed by atoms with van der Waals surface area (Å²) in [6, 6.07) is 12.3. The molecule has 0 radical (unpaired) electrons. The Morgan fingerprint density at radius 1 is 1.26 bits per heavy atom. The van der Waals surface area contributed by atoms with Crippen molar-refractivity contribution in [1.29, 1.82) is 5.26 Å². The van der Waals surface area contributed by atoms with E-state index in [1.807, 2.05) is 29.7 Å². The molecule has 114 valence electrons. The zero-order valence-electron chi connectivity index (χ0n) is 12.0. The third kappa shape index (κ3) is 3.65. The molecule has 1 aromatic carbocycles. The van der Waals surface area contributed by atoms with Gasteiger partial charge in [0.15, 0.2) is 0 Å². The predicted molar refractivity (Wildman–Crippen MR) is 88.2 cm³/mol. The lowest BCUT2D eigenvalue weighted by molar-refractivity contribution is 0.555. The molecule has 0 bridgehead atoms. The summed E-state index contributed by atoms with van der Waals surface area (Å²) in [5.74, 6) is 0.253. The van der Waals surface area contributed by atoms with Crippen LogP contribution >= 0.6 is 11.3 Å². The molecule has 3 rings (SSSR count). The predicted octanol–water partition coefficient (Wildman–Crippen LogP) is 4.53. The molecule has 6 heteroatoms. The number of anilines is 1. The Morgan fingerprint density at radius 2 is 2.13 bits per heavy atom. The van der Waals surface area contributed by atoms with Gasteiger partial charge in [0.1, 0.15) is 11.9 Å². The van der Waals surface area contributed by atoms with Crippen LogP contribution in [0.5, 0.6) is 0 Å². The normalized spacial score (nSPS) is 10.8. The first-order valence-corrected chi connectivity index (χ1v) is 7.74. The molecule has 0 atom stereocenters. The summed E-state index contributed by atoms with van der Waals surface area (Å²) in [6.07, 6.45) is 3.55. The van der Waals surface area contributed by atoms with Crippen LogP contribution in [0.1, 0.15) is 22.0 Å².